The van der Waals surface area contributed by atoms with Crippen LogP contribution < -0.4 is 5.32 Å². The second-order valence-electron chi connectivity index (χ2n) is 7.81. The molecule has 138 valence electrons. The van der Waals surface area contributed by atoms with Crippen LogP contribution in [0, 0.1) is 11.2 Å². The average molecular weight is 351 g/mol. The average Bonchev–Trinajstić information content (AvgIpc) is 2.42. The maximum absolute atomic E-state index is 12.8. The summed E-state index contributed by atoms with van der Waals surface area (Å²) in [5.41, 5.74) is -0.836. The third-order valence-corrected chi connectivity index (χ3v) is 3.29. The number of amides is 1. The number of carbonyl (C=O) groups excluding carboxylic acids is 3. The summed E-state index contributed by atoms with van der Waals surface area (Å²) in [6.45, 7) is 8.76. The first-order valence-corrected chi connectivity index (χ1v) is 8.15. The predicted molar refractivity (Wildman–Crippen MR) is 92.6 cm³/mol. The Kier molecular flexibility index (Phi) is 6.85. The van der Waals surface area contributed by atoms with Crippen LogP contribution in [0.1, 0.15) is 57.8 Å². The van der Waals surface area contributed by atoms with Crippen molar-refractivity contribution >= 4 is 17.7 Å². The first-order chi connectivity index (χ1) is 11.4. The predicted octanol–water partition coefficient (Wildman–Crippen LogP) is 3.27. The number of nitrogens with one attached hydrogen (secondary N) is 1. The van der Waals surface area contributed by atoms with Crippen LogP contribution >= 0.6 is 0 Å². The molecule has 0 saturated heterocycles. The fourth-order valence-electron chi connectivity index (χ4n) is 2.24. The van der Waals surface area contributed by atoms with Crippen molar-refractivity contribution in [2.75, 3.05) is 6.54 Å². The van der Waals surface area contributed by atoms with Crippen molar-refractivity contribution in [3.63, 3.8) is 0 Å². The molecule has 0 heterocycles. The van der Waals surface area contributed by atoms with E-state index in [2.05, 4.69) is 5.32 Å². The minimum Gasteiger partial charge on any atom is -0.460 e. The summed E-state index contributed by atoms with van der Waals surface area (Å²) >= 11 is 0. The molecule has 1 N–H and O–H groups in total. The Morgan fingerprint density at radius 2 is 1.56 bits per heavy atom. The molecule has 1 rings (SSSR count). The van der Waals surface area contributed by atoms with Crippen LogP contribution in [0.25, 0.3) is 0 Å². The van der Waals surface area contributed by atoms with E-state index in [0.717, 1.165) is 0 Å². The van der Waals surface area contributed by atoms with E-state index in [4.69, 9.17) is 4.74 Å². The largest absolute Gasteiger partial charge is 0.460 e. The van der Waals surface area contributed by atoms with Crippen molar-refractivity contribution in [1.82, 2.24) is 5.32 Å². The van der Waals surface area contributed by atoms with Gasteiger partial charge in [-0.15, -0.1) is 0 Å². The Bertz CT molecular complexity index is 630. The second-order valence-corrected chi connectivity index (χ2v) is 7.81. The molecule has 5 nitrogen and oxygen atoms in total. The number of hydrogen-bond donors (Lipinski definition) is 1. The molecule has 25 heavy (non-hydrogen) atoms. The summed E-state index contributed by atoms with van der Waals surface area (Å²) in [7, 11) is 0. The van der Waals surface area contributed by atoms with Gasteiger partial charge in [0.2, 0.25) is 5.91 Å². The number of rotatable bonds is 7. The van der Waals surface area contributed by atoms with Crippen molar-refractivity contribution in [2.45, 2.75) is 53.1 Å². The zero-order chi connectivity index (χ0) is 19.3. The van der Waals surface area contributed by atoms with Gasteiger partial charge in [-0.1, -0.05) is 13.8 Å². The van der Waals surface area contributed by atoms with Gasteiger partial charge in [0.25, 0.3) is 0 Å². The molecule has 6 heteroatoms. The molecule has 0 fully saturated rings. The van der Waals surface area contributed by atoms with Gasteiger partial charge in [-0.2, -0.15) is 0 Å². The van der Waals surface area contributed by atoms with Crippen LogP contribution in [-0.4, -0.2) is 29.8 Å². The molecule has 0 aromatic heterocycles. The van der Waals surface area contributed by atoms with Gasteiger partial charge in [-0.25, -0.2) is 4.39 Å². The molecule has 1 aromatic rings. The lowest BCUT2D eigenvalue weighted by Crippen LogP contribution is -2.34. The molecular formula is C19H26FNO4. The number of carbonyl (C=O) groups is 3. The lowest BCUT2D eigenvalue weighted by atomic mass is 9.85. The summed E-state index contributed by atoms with van der Waals surface area (Å²) in [6, 6.07) is 5.13. The number of halogens is 1. The Hall–Kier alpha value is -2.24. The van der Waals surface area contributed by atoms with E-state index in [1.54, 1.807) is 34.6 Å². The van der Waals surface area contributed by atoms with E-state index < -0.39 is 16.8 Å². The zero-order valence-electron chi connectivity index (χ0n) is 15.4. The lowest BCUT2D eigenvalue weighted by Gasteiger charge is -2.26. The van der Waals surface area contributed by atoms with Crippen molar-refractivity contribution in [1.29, 1.82) is 0 Å². The fraction of sp³-hybridized carbons (Fsp3) is 0.526. The molecule has 0 saturated carbocycles. The molecule has 1 aromatic carbocycles. The van der Waals surface area contributed by atoms with Crippen molar-refractivity contribution < 1.29 is 23.5 Å². The number of esters is 1. The Morgan fingerprint density at radius 3 is 2.08 bits per heavy atom. The molecule has 0 radical (unpaired) electrons. The third kappa shape index (κ3) is 8.42. The molecule has 0 spiro atoms. The van der Waals surface area contributed by atoms with Crippen molar-refractivity contribution in [3.8, 4) is 0 Å². The first kappa shape index (κ1) is 20.8. The van der Waals surface area contributed by atoms with E-state index in [0.29, 0.717) is 5.56 Å². The van der Waals surface area contributed by atoms with Crippen LogP contribution in [-0.2, 0) is 14.3 Å². The fourth-order valence-corrected chi connectivity index (χ4v) is 2.24. The van der Waals surface area contributed by atoms with E-state index >= 15 is 0 Å². The van der Waals surface area contributed by atoms with E-state index in [1.807, 2.05) is 0 Å². The summed E-state index contributed by atoms with van der Waals surface area (Å²) < 4.78 is 18.1. The summed E-state index contributed by atoms with van der Waals surface area (Å²) in [6.07, 6.45) is 0.187. The van der Waals surface area contributed by atoms with Gasteiger partial charge in [-0.3, -0.25) is 14.4 Å². The van der Waals surface area contributed by atoms with Crippen molar-refractivity contribution in [3.05, 3.63) is 35.6 Å². The Labute approximate surface area is 147 Å². The number of benzene rings is 1. The monoisotopic (exact) mass is 351 g/mol. The van der Waals surface area contributed by atoms with Gasteiger partial charge in [0.15, 0.2) is 5.78 Å². The van der Waals surface area contributed by atoms with Crippen LogP contribution in [0.2, 0.25) is 0 Å². The highest BCUT2D eigenvalue weighted by molar-refractivity contribution is 5.99. The van der Waals surface area contributed by atoms with E-state index in [1.165, 1.54) is 24.3 Å². The summed E-state index contributed by atoms with van der Waals surface area (Å²) in [5, 5.41) is 2.54. The summed E-state index contributed by atoms with van der Waals surface area (Å²) in [5.74, 6) is -1.43. The van der Waals surface area contributed by atoms with Gasteiger partial charge in [0.1, 0.15) is 11.4 Å². The van der Waals surface area contributed by atoms with Crippen LogP contribution in [0.15, 0.2) is 24.3 Å². The Balaban J connectivity index is 2.48. The second kappa shape index (κ2) is 8.23. The normalized spacial score (nSPS) is 11.8. The van der Waals surface area contributed by atoms with Gasteiger partial charge in [0.05, 0.1) is 13.0 Å². The Morgan fingerprint density at radius 1 is 1.00 bits per heavy atom. The molecular weight excluding hydrogens is 325 g/mol. The van der Waals surface area contributed by atoms with Crippen molar-refractivity contribution in [2.24, 2.45) is 5.41 Å². The zero-order valence-corrected chi connectivity index (χ0v) is 15.4. The minimum absolute atomic E-state index is 0.0863. The molecule has 0 aliphatic heterocycles. The minimum atomic E-state index is -0.592. The lowest BCUT2D eigenvalue weighted by molar-refractivity contribution is -0.157. The van der Waals surface area contributed by atoms with Crippen LogP contribution in [0.5, 0.6) is 0 Å². The van der Waals surface area contributed by atoms with Gasteiger partial charge >= 0.3 is 5.97 Å². The third-order valence-electron chi connectivity index (χ3n) is 3.29. The van der Waals surface area contributed by atoms with E-state index in [-0.39, 0.29) is 37.0 Å². The SMILES string of the molecule is CC(C)(CC(=O)NCC(=O)c1ccc(F)cc1)CC(=O)OC(C)(C)C. The quantitative estimate of drug-likeness (QED) is 0.604. The maximum atomic E-state index is 12.8. The molecule has 0 unspecified atom stereocenters. The smallest absolute Gasteiger partial charge is 0.306 e. The number of ketones is 1. The molecule has 0 aliphatic carbocycles. The van der Waals surface area contributed by atoms with E-state index in [9.17, 15) is 18.8 Å². The summed E-state index contributed by atoms with van der Waals surface area (Å²) in [4.78, 5) is 35.9. The van der Waals surface area contributed by atoms with Crippen LogP contribution in [0.4, 0.5) is 4.39 Å². The highest BCUT2D eigenvalue weighted by Crippen LogP contribution is 2.26. The van der Waals surface area contributed by atoms with Crippen LogP contribution in [0.3, 0.4) is 0 Å². The molecule has 1 amide bonds. The number of Topliss-reactive ketones (excluding diaryl/α,β-unsaturated/α-hetero) is 1. The number of hydrogen-bond acceptors (Lipinski definition) is 4. The van der Waals surface area contributed by atoms with Gasteiger partial charge in [-0.05, 0) is 50.5 Å². The molecule has 0 aliphatic rings. The molecule has 0 bridgehead atoms. The highest BCUT2D eigenvalue weighted by atomic mass is 19.1. The molecule has 0 atom stereocenters. The maximum Gasteiger partial charge on any atom is 0.306 e. The number of ether oxygens (including phenoxy) is 1. The topological polar surface area (TPSA) is 72.5 Å². The van der Waals surface area contributed by atoms with Gasteiger partial charge < -0.3 is 10.1 Å². The van der Waals surface area contributed by atoms with Gasteiger partial charge in [0, 0.05) is 12.0 Å². The standard InChI is InChI=1S/C19H26FNO4/c1-18(2,3)25-17(24)11-19(4,5)10-16(23)21-12-15(22)13-6-8-14(20)9-7-13/h6-9H,10-12H2,1-5H3,(H,21,23). The highest BCUT2D eigenvalue weighted by Gasteiger charge is 2.28. The first-order valence-electron chi connectivity index (χ1n) is 8.15.